The molecule has 5 nitrogen and oxygen atoms in total. The first kappa shape index (κ1) is 19.1. The van der Waals surface area contributed by atoms with Gasteiger partial charge in [-0.05, 0) is 19.1 Å². The van der Waals surface area contributed by atoms with Gasteiger partial charge in [0.15, 0.2) is 11.7 Å². The number of halogens is 3. The molecular formula is C15H17Cl3N4OS. The van der Waals surface area contributed by atoms with Crippen LogP contribution in [0.3, 0.4) is 0 Å². The van der Waals surface area contributed by atoms with Gasteiger partial charge in [0.2, 0.25) is 0 Å². The molecule has 0 atom stereocenters. The zero-order valence-electron chi connectivity index (χ0n) is 13.2. The Morgan fingerprint density at radius 1 is 1.25 bits per heavy atom. The monoisotopic (exact) mass is 406 g/mol. The molecule has 0 bridgehead atoms. The molecule has 0 amide bonds. The van der Waals surface area contributed by atoms with E-state index in [9.17, 15) is 0 Å². The summed E-state index contributed by atoms with van der Waals surface area (Å²) in [5.74, 6) is 1.10. The van der Waals surface area contributed by atoms with Crippen molar-refractivity contribution in [1.82, 2.24) is 15.6 Å². The predicted octanol–water partition coefficient (Wildman–Crippen LogP) is 4.16. The third-order valence-electron chi connectivity index (χ3n) is 2.93. The maximum Gasteiger partial charge on any atom is 0.191 e. The van der Waals surface area contributed by atoms with Crippen LogP contribution in [0.2, 0.25) is 15.1 Å². The quantitative estimate of drug-likeness (QED) is 0.429. The van der Waals surface area contributed by atoms with E-state index in [2.05, 4.69) is 20.6 Å². The Morgan fingerprint density at radius 2 is 1.96 bits per heavy atom. The van der Waals surface area contributed by atoms with Gasteiger partial charge in [0.25, 0.3) is 0 Å². The molecule has 1 aromatic carbocycles. The molecule has 0 aliphatic carbocycles. The number of aryl methyl sites for hydroxylation is 1. The minimum absolute atomic E-state index is 0.376. The van der Waals surface area contributed by atoms with Gasteiger partial charge in [-0.25, -0.2) is 4.98 Å². The first-order chi connectivity index (χ1) is 11.5. The van der Waals surface area contributed by atoms with Crippen LogP contribution >= 0.6 is 46.1 Å². The topological polar surface area (TPSA) is 58.5 Å². The first-order valence-electron chi connectivity index (χ1n) is 7.12. The molecular weight excluding hydrogens is 391 g/mol. The average Bonchev–Trinajstić information content (AvgIpc) is 2.94. The number of thiazole rings is 1. The maximum absolute atomic E-state index is 6.07. The van der Waals surface area contributed by atoms with Crippen molar-refractivity contribution in [2.45, 2.75) is 13.5 Å². The molecule has 2 rings (SSSR count). The van der Waals surface area contributed by atoms with Crippen molar-refractivity contribution in [1.29, 1.82) is 0 Å². The first-order valence-corrected chi connectivity index (χ1v) is 9.08. The second kappa shape index (κ2) is 9.32. The van der Waals surface area contributed by atoms with E-state index in [0.717, 1.165) is 9.88 Å². The molecule has 0 aliphatic rings. The highest BCUT2D eigenvalue weighted by atomic mass is 35.5. The van der Waals surface area contributed by atoms with Crippen LogP contribution in [0, 0.1) is 6.92 Å². The van der Waals surface area contributed by atoms with Crippen molar-refractivity contribution in [2.75, 3.05) is 20.2 Å². The number of hydrogen-bond donors (Lipinski definition) is 2. The van der Waals surface area contributed by atoms with Crippen molar-refractivity contribution in [2.24, 2.45) is 4.99 Å². The number of guanidine groups is 1. The highest BCUT2D eigenvalue weighted by molar-refractivity contribution is 7.11. The summed E-state index contributed by atoms with van der Waals surface area (Å²) < 4.78 is 5.61. The standard InChI is InChI=1S/C15H17Cl3N4OS/c1-9-21-7-11(24-9)8-22-15(19-2)20-3-4-23-14-12(17)5-10(16)6-13(14)18/h5-7H,3-4,8H2,1-2H3,(H2,19,20,22). The van der Waals surface area contributed by atoms with E-state index in [-0.39, 0.29) is 0 Å². The van der Waals surface area contributed by atoms with E-state index in [1.807, 2.05) is 13.1 Å². The van der Waals surface area contributed by atoms with Crippen LogP contribution in [-0.4, -0.2) is 31.1 Å². The molecule has 9 heteroatoms. The third-order valence-corrected chi connectivity index (χ3v) is 4.62. The molecule has 0 radical (unpaired) electrons. The van der Waals surface area contributed by atoms with E-state index >= 15 is 0 Å². The molecule has 0 unspecified atom stereocenters. The minimum Gasteiger partial charge on any atom is -0.489 e. The van der Waals surface area contributed by atoms with Gasteiger partial charge in [-0.1, -0.05) is 34.8 Å². The molecule has 130 valence electrons. The summed E-state index contributed by atoms with van der Waals surface area (Å²) in [6.45, 7) is 3.56. The maximum atomic E-state index is 6.07. The summed E-state index contributed by atoms with van der Waals surface area (Å²) in [4.78, 5) is 9.52. The number of benzene rings is 1. The van der Waals surface area contributed by atoms with Crippen molar-refractivity contribution >= 4 is 52.1 Å². The van der Waals surface area contributed by atoms with Crippen LogP contribution < -0.4 is 15.4 Å². The lowest BCUT2D eigenvalue weighted by molar-refractivity contribution is 0.322. The normalized spacial score (nSPS) is 11.5. The molecule has 0 saturated carbocycles. The summed E-state index contributed by atoms with van der Waals surface area (Å²) in [5, 5.41) is 8.65. The molecule has 0 saturated heterocycles. The number of aliphatic imine (C=N–C) groups is 1. The number of rotatable bonds is 6. The number of hydrogen-bond acceptors (Lipinski definition) is 4. The van der Waals surface area contributed by atoms with Gasteiger partial charge in [-0.15, -0.1) is 11.3 Å². The molecule has 0 aliphatic heterocycles. The fourth-order valence-corrected chi connectivity index (χ4v) is 3.53. The molecule has 0 fully saturated rings. The number of aromatic nitrogens is 1. The smallest absolute Gasteiger partial charge is 0.191 e. The van der Waals surface area contributed by atoms with Crippen LogP contribution in [0.4, 0.5) is 0 Å². The van der Waals surface area contributed by atoms with Crippen molar-refractivity contribution in [3.63, 3.8) is 0 Å². The third kappa shape index (κ3) is 5.70. The fourth-order valence-electron chi connectivity index (χ4n) is 1.87. The second-order valence-corrected chi connectivity index (χ2v) is 7.32. The zero-order valence-corrected chi connectivity index (χ0v) is 16.3. The molecule has 1 aromatic heterocycles. The predicted molar refractivity (Wildman–Crippen MR) is 102 cm³/mol. The van der Waals surface area contributed by atoms with Gasteiger partial charge in [0.05, 0.1) is 28.1 Å². The summed E-state index contributed by atoms with van der Waals surface area (Å²) in [7, 11) is 1.71. The Bertz CT molecular complexity index is 697. The average molecular weight is 408 g/mol. The van der Waals surface area contributed by atoms with Crippen LogP contribution in [-0.2, 0) is 6.54 Å². The van der Waals surface area contributed by atoms with Gasteiger partial charge in [0, 0.05) is 23.1 Å². The zero-order chi connectivity index (χ0) is 17.5. The largest absolute Gasteiger partial charge is 0.489 e. The summed E-state index contributed by atoms with van der Waals surface area (Å²) in [6.07, 6.45) is 1.86. The Morgan fingerprint density at radius 3 is 2.54 bits per heavy atom. The molecule has 0 spiro atoms. The van der Waals surface area contributed by atoms with Crippen molar-refractivity contribution in [3.05, 3.63) is 43.3 Å². The lowest BCUT2D eigenvalue weighted by Crippen LogP contribution is -2.38. The van der Waals surface area contributed by atoms with E-state index in [4.69, 9.17) is 39.5 Å². The van der Waals surface area contributed by atoms with E-state index in [0.29, 0.717) is 46.5 Å². The number of nitrogens with zero attached hydrogens (tertiary/aromatic N) is 2. The SMILES string of the molecule is CN=C(NCCOc1c(Cl)cc(Cl)cc1Cl)NCc1cnc(C)s1. The molecule has 2 N–H and O–H groups in total. The van der Waals surface area contributed by atoms with Crippen molar-refractivity contribution in [3.8, 4) is 5.75 Å². The Labute approximate surface area is 160 Å². The van der Waals surface area contributed by atoms with Crippen LogP contribution in [0.1, 0.15) is 9.88 Å². The highest BCUT2D eigenvalue weighted by Gasteiger charge is 2.09. The molecule has 2 aromatic rings. The lowest BCUT2D eigenvalue weighted by Gasteiger charge is -2.13. The van der Waals surface area contributed by atoms with Crippen LogP contribution in [0.5, 0.6) is 5.75 Å². The minimum atomic E-state index is 0.376. The van der Waals surface area contributed by atoms with Gasteiger partial charge in [-0.3, -0.25) is 4.99 Å². The lowest BCUT2D eigenvalue weighted by atomic mass is 10.3. The van der Waals surface area contributed by atoms with Gasteiger partial charge in [-0.2, -0.15) is 0 Å². The van der Waals surface area contributed by atoms with Gasteiger partial charge in [0.1, 0.15) is 6.61 Å². The highest BCUT2D eigenvalue weighted by Crippen LogP contribution is 2.35. The van der Waals surface area contributed by atoms with E-state index in [1.54, 1.807) is 30.5 Å². The number of nitrogens with one attached hydrogen (secondary N) is 2. The van der Waals surface area contributed by atoms with E-state index in [1.165, 1.54) is 0 Å². The summed E-state index contributed by atoms with van der Waals surface area (Å²) in [5.41, 5.74) is 0. The van der Waals surface area contributed by atoms with Crippen LogP contribution in [0.25, 0.3) is 0 Å². The summed E-state index contributed by atoms with van der Waals surface area (Å²) in [6, 6.07) is 3.19. The van der Waals surface area contributed by atoms with Gasteiger partial charge >= 0.3 is 0 Å². The summed E-state index contributed by atoms with van der Waals surface area (Å²) >= 11 is 19.7. The second-order valence-electron chi connectivity index (χ2n) is 4.75. The van der Waals surface area contributed by atoms with Crippen LogP contribution in [0.15, 0.2) is 23.3 Å². The fraction of sp³-hybridized carbons (Fsp3) is 0.333. The Balaban J connectivity index is 1.76. The van der Waals surface area contributed by atoms with Gasteiger partial charge < -0.3 is 15.4 Å². The Hall–Kier alpha value is -1.21. The molecule has 1 heterocycles. The molecule has 24 heavy (non-hydrogen) atoms. The Kier molecular flexibility index (Phi) is 7.42. The number of ether oxygens (including phenoxy) is 1. The van der Waals surface area contributed by atoms with E-state index < -0.39 is 0 Å². The van der Waals surface area contributed by atoms with Crippen molar-refractivity contribution < 1.29 is 4.74 Å².